The average Bonchev–Trinajstić information content (AvgIpc) is 3.46. The fraction of sp³-hybridized carbons (Fsp3) is 0.455. The number of nitrogens with one attached hydrogen (secondary N) is 2. The number of rotatable bonds is 11. The first-order valence-corrected chi connectivity index (χ1v) is 11.4. The number of amides is 2. The van der Waals surface area contributed by atoms with Gasteiger partial charge in [-0.3, -0.25) is 19.2 Å². The lowest BCUT2D eigenvalue weighted by Gasteiger charge is -2.33. The van der Waals surface area contributed by atoms with Crippen LogP contribution in [-0.4, -0.2) is 78.7 Å². The van der Waals surface area contributed by atoms with Crippen molar-refractivity contribution in [3.8, 4) is 0 Å². The van der Waals surface area contributed by atoms with Crippen molar-refractivity contribution in [2.24, 2.45) is 0 Å². The molecule has 36 heavy (non-hydrogen) atoms. The lowest BCUT2D eigenvalue weighted by molar-refractivity contribution is -0.119. The zero-order valence-electron chi connectivity index (χ0n) is 19.6. The number of halogens is 3. The van der Waals surface area contributed by atoms with Crippen LogP contribution >= 0.6 is 0 Å². The fourth-order valence-corrected chi connectivity index (χ4v) is 3.65. The van der Waals surface area contributed by atoms with Crippen LogP contribution in [0.5, 0.6) is 0 Å². The number of carbonyl (C=O) groups excluding carboxylic acids is 2. The molecule has 1 aliphatic heterocycles. The number of hydrogen-bond acceptors (Lipinski definition) is 7. The molecule has 3 aromatic rings. The summed E-state index contributed by atoms with van der Waals surface area (Å²) in [6.07, 6.45) is 0.675. The van der Waals surface area contributed by atoms with Crippen LogP contribution in [0, 0.1) is 12.7 Å². The van der Waals surface area contributed by atoms with Crippen LogP contribution in [0.3, 0.4) is 0 Å². The third kappa shape index (κ3) is 6.87. The van der Waals surface area contributed by atoms with Gasteiger partial charge in [0.05, 0.1) is 25.5 Å². The largest absolute Gasteiger partial charge is 0.346 e. The average molecular weight is 506 g/mol. The molecule has 11 nitrogen and oxygen atoms in total. The zero-order chi connectivity index (χ0) is 25.7. The van der Waals surface area contributed by atoms with E-state index in [0.29, 0.717) is 5.56 Å². The predicted octanol–water partition coefficient (Wildman–Crippen LogP) is 1.27. The first-order valence-electron chi connectivity index (χ1n) is 11.4. The van der Waals surface area contributed by atoms with E-state index in [4.69, 9.17) is 0 Å². The van der Waals surface area contributed by atoms with Gasteiger partial charge in [0.25, 0.3) is 5.91 Å². The van der Waals surface area contributed by atoms with Crippen LogP contribution in [0.1, 0.15) is 28.0 Å². The molecule has 2 amide bonds. The molecular weight excluding hydrogens is 479 g/mol. The van der Waals surface area contributed by atoms with Gasteiger partial charge in [0, 0.05) is 38.2 Å². The Hall–Kier alpha value is -3.81. The Kier molecular flexibility index (Phi) is 7.93. The summed E-state index contributed by atoms with van der Waals surface area (Å²) in [5.41, 5.74) is 1.27. The smallest absolute Gasteiger partial charge is 0.273 e. The van der Waals surface area contributed by atoms with Crippen LogP contribution in [0.15, 0.2) is 30.6 Å². The molecule has 2 aromatic heterocycles. The fourth-order valence-electron chi connectivity index (χ4n) is 3.65. The molecule has 1 aliphatic rings. The van der Waals surface area contributed by atoms with E-state index in [0.717, 1.165) is 5.56 Å². The van der Waals surface area contributed by atoms with E-state index < -0.39 is 24.1 Å². The number of hydrogen-bond donors (Lipinski definition) is 2. The van der Waals surface area contributed by atoms with Gasteiger partial charge in [0.1, 0.15) is 18.2 Å². The molecular formula is C22H26F3N9O2. The third-order valence-electron chi connectivity index (χ3n) is 5.55. The standard InChI is InChI=1S/C22H26F3N9O2/c1-14-2-3-18(25)15(6-14)7-26-22(36)19-11-33(30-28-19)5-4-16(23)10-34-12-20(29-31-34)27-21(35)13-32-8-17(24)9-32/h2-3,6,11-12,16-17H,4-5,7-10,13H2,1H3,(H,26,36)(H,27,35). The second-order valence-electron chi connectivity index (χ2n) is 8.70. The third-order valence-corrected chi connectivity index (χ3v) is 5.55. The molecule has 3 heterocycles. The summed E-state index contributed by atoms with van der Waals surface area (Å²) in [6.45, 7) is 2.42. The topological polar surface area (TPSA) is 123 Å². The molecule has 0 bridgehead atoms. The first-order chi connectivity index (χ1) is 17.2. The van der Waals surface area contributed by atoms with Crippen LogP contribution in [0.2, 0.25) is 0 Å². The predicted molar refractivity (Wildman–Crippen MR) is 122 cm³/mol. The minimum absolute atomic E-state index is 0.00243. The van der Waals surface area contributed by atoms with E-state index in [2.05, 4.69) is 31.3 Å². The molecule has 4 rings (SSSR count). The van der Waals surface area contributed by atoms with Crippen molar-refractivity contribution in [1.82, 2.24) is 40.2 Å². The van der Waals surface area contributed by atoms with Gasteiger partial charge in [-0.1, -0.05) is 28.1 Å². The second kappa shape index (κ2) is 11.3. The molecule has 1 unspecified atom stereocenters. The number of alkyl halides is 2. The summed E-state index contributed by atoms with van der Waals surface area (Å²) < 4.78 is 43.7. The Morgan fingerprint density at radius 2 is 1.94 bits per heavy atom. The van der Waals surface area contributed by atoms with Crippen molar-refractivity contribution in [3.63, 3.8) is 0 Å². The Morgan fingerprint density at radius 3 is 2.72 bits per heavy atom. The molecule has 2 N–H and O–H groups in total. The Morgan fingerprint density at radius 1 is 1.17 bits per heavy atom. The highest BCUT2D eigenvalue weighted by atomic mass is 19.1. The molecule has 0 radical (unpaired) electrons. The maximum atomic E-state index is 14.5. The van der Waals surface area contributed by atoms with Crippen LogP contribution in [0.4, 0.5) is 19.0 Å². The molecule has 14 heteroatoms. The molecule has 1 saturated heterocycles. The SMILES string of the molecule is Cc1ccc(F)c(CNC(=O)c2cn(CCC(F)Cn3cc(NC(=O)CN4CC(F)C4)nn3)nn2)c1. The number of anilines is 1. The molecule has 1 atom stereocenters. The monoisotopic (exact) mass is 505 g/mol. The molecule has 1 aromatic carbocycles. The summed E-state index contributed by atoms with van der Waals surface area (Å²) in [7, 11) is 0. The van der Waals surface area contributed by atoms with Gasteiger partial charge >= 0.3 is 0 Å². The van der Waals surface area contributed by atoms with E-state index in [1.54, 1.807) is 17.0 Å². The normalized spacial score (nSPS) is 14.9. The number of carbonyl (C=O) groups is 2. The number of aryl methyl sites for hydroxylation is 2. The van der Waals surface area contributed by atoms with E-state index >= 15 is 0 Å². The van der Waals surface area contributed by atoms with Gasteiger partial charge in [-0.15, -0.1) is 10.2 Å². The van der Waals surface area contributed by atoms with Gasteiger partial charge in [0.2, 0.25) is 5.91 Å². The number of likely N-dealkylation sites (tertiary alicyclic amines) is 1. The van der Waals surface area contributed by atoms with Gasteiger partial charge in [-0.2, -0.15) is 0 Å². The Balaban J connectivity index is 1.19. The maximum Gasteiger partial charge on any atom is 0.273 e. The highest BCUT2D eigenvalue weighted by Gasteiger charge is 2.27. The summed E-state index contributed by atoms with van der Waals surface area (Å²) in [5, 5.41) is 20.4. The quantitative estimate of drug-likeness (QED) is 0.402. The minimum atomic E-state index is -1.30. The van der Waals surface area contributed by atoms with Crippen LogP contribution in [-0.2, 0) is 24.4 Å². The summed E-state index contributed by atoms with van der Waals surface area (Å²) in [6, 6.07) is 4.63. The van der Waals surface area contributed by atoms with Gasteiger partial charge in [-0.05, 0) is 13.0 Å². The molecule has 192 valence electrons. The highest BCUT2D eigenvalue weighted by molar-refractivity contribution is 5.92. The van der Waals surface area contributed by atoms with E-state index in [-0.39, 0.29) is 63.1 Å². The van der Waals surface area contributed by atoms with Gasteiger partial charge < -0.3 is 10.6 Å². The Bertz CT molecular complexity index is 1210. The zero-order valence-corrected chi connectivity index (χ0v) is 19.6. The first kappa shape index (κ1) is 25.3. The van der Waals surface area contributed by atoms with Crippen molar-refractivity contribution in [2.75, 3.05) is 25.0 Å². The molecule has 0 aliphatic carbocycles. The lowest BCUT2D eigenvalue weighted by Crippen LogP contribution is -2.51. The van der Waals surface area contributed by atoms with Crippen molar-refractivity contribution < 1.29 is 22.8 Å². The van der Waals surface area contributed by atoms with E-state index in [1.165, 1.54) is 27.8 Å². The number of aromatic nitrogens is 6. The number of nitrogens with zero attached hydrogens (tertiary/aromatic N) is 7. The summed E-state index contributed by atoms with van der Waals surface area (Å²) >= 11 is 0. The summed E-state index contributed by atoms with van der Waals surface area (Å²) in [4.78, 5) is 25.9. The van der Waals surface area contributed by atoms with Crippen LogP contribution < -0.4 is 10.6 Å². The van der Waals surface area contributed by atoms with Crippen molar-refractivity contribution in [2.45, 2.75) is 45.3 Å². The van der Waals surface area contributed by atoms with Gasteiger partial charge in [0.15, 0.2) is 11.5 Å². The van der Waals surface area contributed by atoms with Crippen LogP contribution in [0.25, 0.3) is 0 Å². The second-order valence-corrected chi connectivity index (χ2v) is 8.70. The Labute approximate surface area is 204 Å². The minimum Gasteiger partial charge on any atom is -0.346 e. The van der Waals surface area contributed by atoms with Crippen molar-refractivity contribution in [3.05, 3.63) is 53.2 Å². The molecule has 1 fully saturated rings. The molecule has 0 spiro atoms. The van der Waals surface area contributed by atoms with Gasteiger partial charge in [-0.25, -0.2) is 17.9 Å². The van der Waals surface area contributed by atoms with Crippen molar-refractivity contribution >= 4 is 17.6 Å². The highest BCUT2D eigenvalue weighted by Crippen LogP contribution is 2.12. The lowest BCUT2D eigenvalue weighted by atomic mass is 10.1. The van der Waals surface area contributed by atoms with Crippen molar-refractivity contribution in [1.29, 1.82) is 0 Å². The number of benzene rings is 1. The molecule has 0 saturated carbocycles. The van der Waals surface area contributed by atoms with E-state index in [1.807, 2.05) is 6.92 Å². The summed E-state index contributed by atoms with van der Waals surface area (Å²) in [5.74, 6) is -1.10. The maximum absolute atomic E-state index is 14.5. The van der Waals surface area contributed by atoms with E-state index in [9.17, 15) is 22.8 Å².